The van der Waals surface area contributed by atoms with Crippen molar-refractivity contribution in [3.05, 3.63) is 35.6 Å². The van der Waals surface area contributed by atoms with Crippen molar-refractivity contribution in [1.29, 1.82) is 0 Å². The topological polar surface area (TPSA) is 66.4 Å². The third-order valence-electron chi connectivity index (χ3n) is 4.42. The molecule has 0 saturated heterocycles. The summed E-state index contributed by atoms with van der Waals surface area (Å²) in [6.45, 7) is 1.77. The number of amides is 1. The van der Waals surface area contributed by atoms with Gasteiger partial charge in [-0.1, -0.05) is 44.4 Å². The molecule has 1 fully saturated rings. The van der Waals surface area contributed by atoms with E-state index in [-0.39, 0.29) is 24.1 Å². The summed E-state index contributed by atoms with van der Waals surface area (Å²) in [5.41, 5.74) is -0.671. The molecule has 0 aromatic heterocycles. The lowest BCUT2D eigenvalue weighted by atomic mass is 9.81. The van der Waals surface area contributed by atoms with Gasteiger partial charge in [-0.05, 0) is 30.4 Å². The van der Waals surface area contributed by atoms with Crippen molar-refractivity contribution in [2.75, 3.05) is 0 Å². The normalized spacial score (nSPS) is 18.5. The number of benzene rings is 1. The van der Waals surface area contributed by atoms with E-state index < -0.39 is 11.5 Å². The molecule has 2 rings (SSSR count). The highest BCUT2D eigenvalue weighted by molar-refractivity contribution is 5.87. The molecule has 22 heavy (non-hydrogen) atoms. The lowest BCUT2D eigenvalue weighted by Gasteiger charge is -2.34. The average Bonchev–Trinajstić information content (AvgIpc) is 2.48. The predicted molar refractivity (Wildman–Crippen MR) is 81.0 cm³/mol. The number of carbonyl (C=O) groups excluding carboxylic acids is 1. The largest absolute Gasteiger partial charge is 0.480 e. The summed E-state index contributed by atoms with van der Waals surface area (Å²) in [5.74, 6) is -1.94. The first-order valence-corrected chi connectivity index (χ1v) is 7.73. The molecule has 0 aliphatic heterocycles. The lowest BCUT2D eigenvalue weighted by molar-refractivity contribution is -0.149. The van der Waals surface area contributed by atoms with Crippen molar-refractivity contribution in [2.45, 2.75) is 56.9 Å². The van der Waals surface area contributed by atoms with E-state index in [1.165, 1.54) is 6.07 Å². The SMILES string of the molecule is CC(CC(=O)NC1(C(=O)O)CCCCC1)c1ccccc1F. The summed E-state index contributed by atoms with van der Waals surface area (Å²) in [6, 6.07) is 6.35. The standard InChI is InChI=1S/C17H22FNO3/c1-12(13-7-3-4-8-14(13)18)11-15(20)19-17(16(21)22)9-5-2-6-10-17/h3-4,7-8,12H,2,5-6,9-11H2,1H3,(H,19,20)(H,21,22). The van der Waals surface area contributed by atoms with Gasteiger partial charge < -0.3 is 10.4 Å². The Hall–Kier alpha value is -1.91. The van der Waals surface area contributed by atoms with Gasteiger partial charge in [0.05, 0.1) is 0 Å². The van der Waals surface area contributed by atoms with Gasteiger partial charge in [0.15, 0.2) is 0 Å². The van der Waals surface area contributed by atoms with E-state index in [1.54, 1.807) is 25.1 Å². The third kappa shape index (κ3) is 3.64. The highest BCUT2D eigenvalue weighted by Crippen LogP contribution is 2.29. The second-order valence-electron chi connectivity index (χ2n) is 6.12. The van der Waals surface area contributed by atoms with Crippen molar-refractivity contribution in [1.82, 2.24) is 5.32 Å². The molecule has 5 heteroatoms. The second kappa shape index (κ2) is 6.90. The van der Waals surface area contributed by atoms with Gasteiger partial charge in [0.25, 0.3) is 0 Å². The average molecular weight is 307 g/mol. The van der Waals surface area contributed by atoms with Crippen molar-refractivity contribution in [2.24, 2.45) is 0 Å². The molecule has 2 N–H and O–H groups in total. The Morgan fingerprint density at radius 2 is 1.91 bits per heavy atom. The fourth-order valence-corrected chi connectivity index (χ4v) is 3.13. The Labute approximate surface area is 129 Å². The Bertz CT molecular complexity index is 553. The Morgan fingerprint density at radius 1 is 1.27 bits per heavy atom. The minimum atomic E-state index is -1.15. The highest BCUT2D eigenvalue weighted by Gasteiger charge is 2.41. The molecule has 0 radical (unpaired) electrons. The van der Waals surface area contributed by atoms with Gasteiger partial charge in [-0.25, -0.2) is 9.18 Å². The van der Waals surface area contributed by atoms with Crippen LogP contribution in [0.15, 0.2) is 24.3 Å². The molecular formula is C17H22FNO3. The van der Waals surface area contributed by atoms with Crippen LogP contribution in [0.2, 0.25) is 0 Å². The van der Waals surface area contributed by atoms with Crippen LogP contribution in [0.1, 0.15) is 56.9 Å². The van der Waals surface area contributed by atoms with E-state index in [9.17, 15) is 19.1 Å². The number of hydrogen-bond acceptors (Lipinski definition) is 2. The first-order chi connectivity index (χ1) is 10.4. The zero-order valence-electron chi connectivity index (χ0n) is 12.8. The van der Waals surface area contributed by atoms with Crippen molar-refractivity contribution < 1.29 is 19.1 Å². The second-order valence-corrected chi connectivity index (χ2v) is 6.12. The number of carbonyl (C=O) groups is 2. The maximum atomic E-state index is 13.7. The predicted octanol–water partition coefficient (Wildman–Crippen LogP) is 3.22. The van der Waals surface area contributed by atoms with E-state index in [2.05, 4.69) is 5.32 Å². The summed E-state index contributed by atoms with van der Waals surface area (Å²) in [6.07, 6.45) is 3.60. The van der Waals surface area contributed by atoms with Gasteiger partial charge in [0.1, 0.15) is 11.4 Å². The number of rotatable bonds is 5. The van der Waals surface area contributed by atoms with Gasteiger partial charge in [0.2, 0.25) is 5.91 Å². The molecule has 1 unspecified atom stereocenters. The number of halogens is 1. The summed E-state index contributed by atoms with van der Waals surface area (Å²) in [4.78, 5) is 23.8. The quantitative estimate of drug-likeness (QED) is 0.877. The number of aliphatic carboxylic acids is 1. The minimum Gasteiger partial charge on any atom is -0.480 e. The Morgan fingerprint density at radius 3 is 2.50 bits per heavy atom. The summed E-state index contributed by atoms with van der Waals surface area (Å²) in [7, 11) is 0. The van der Waals surface area contributed by atoms with Gasteiger partial charge in [-0.2, -0.15) is 0 Å². The van der Waals surface area contributed by atoms with E-state index in [4.69, 9.17) is 0 Å². The number of carboxylic acids is 1. The van der Waals surface area contributed by atoms with Crippen LogP contribution in [0.4, 0.5) is 4.39 Å². The molecule has 1 amide bonds. The molecule has 0 heterocycles. The maximum Gasteiger partial charge on any atom is 0.329 e. The van der Waals surface area contributed by atoms with E-state index in [0.29, 0.717) is 18.4 Å². The number of nitrogens with one attached hydrogen (secondary N) is 1. The van der Waals surface area contributed by atoms with Crippen LogP contribution < -0.4 is 5.32 Å². The van der Waals surface area contributed by atoms with Crippen LogP contribution >= 0.6 is 0 Å². The third-order valence-corrected chi connectivity index (χ3v) is 4.42. The van der Waals surface area contributed by atoms with Crippen LogP contribution in [-0.2, 0) is 9.59 Å². The van der Waals surface area contributed by atoms with Crippen LogP contribution in [-0.4, -0.2) is 22.5 Å². The molecule has 1 aromatic carbocycles. The Balaban J connectivity index is 2.02. The van der Waals surface area contributed by atoms with Gasteiger partial charge in [-0.15, -0.1) is 0 Å². The maximum absolute atomic E-state index is 13.7. The van der Waals surface area contributed by atoms with E-state index >= 15 is 0 Å². The highest BCUT2D eigenvalue weighted by atomic mass is 19.1. The van der Waals surface area contributed by atoms with E-state index in [0.717, 1.165) is 19.3 Å². The van der Waals surface area contributed by atoms with Crippen LogP contribution in [0, 0.1) is 5.82 Å². The fourth-order valence-electron chi connectivity index (χ4n) is 3.13. The zero-order chi connectivity index (χ0) is 16.2. The first kappa shape index (κ1) is 16.5. The summed E-state index contributed by atoms with van der Waals surface area (Å²) >= 11 is 0. The molecule has 1 atom stereocenters. The molecule has 1 aliphatic rings. The molecule has 0 spiro atoms. The van der Waals surface area contributed by atoms with Crippen molar-refractivity contribution in [3.63, 3.8) is 0 Å². The lowest BCUT2D eigenvalue weighted by Crippen LogP contribution is -2.55. The zero-order valence-corrected chi connectivity index (χ0v) is 12.8. The van der Waals surface area contributed by atoms with Crippen molar-refractivity contribution >= 4 is 11.9 Å². The van der Waals surface area contributed by atoms with E-state index in [1.807, 2.05) is 0 Å². The van der Waals surface area contributed by atoms with Gasteiger partial charge >= 0.3 is 5.97 Å². The molecule has 4 nitrogen and oxygen atoms in total. The number of carboxylic acid groups (broad SMARTS) is 1. The minimum absolute atomic E-state index is 0.0793. The molecule has 1 aliphatic carbocycles. The van der Waals surface area contributed by atoms with Gasteiger partial charge in [0, 0.05) is 6.42 Å². The van der Waals surface area contributed by atoms with Crippen LogP contribution in [0.3, 0.4) is 0 Å². The molecule has 1 aromatic rings. The fraction of sp³-hybridized carbons (Fsp3) is 0.529. The molecular weight excluding hydrogens is 285 g/mol. The molecule has 120 valence electrons. The monoisotopic (exact) mass is 307 g/mol. The molecule has 0 bridgehead atoms. The first-order valence-electron chi connectivity index (χ1n) is 7.73. The smallest absolute Gasteiger partial charge is 0.329 e. The summed E-state index contributed by atoms with van der Waals surface area (Å²) in [5, 5.41) is 12.1. The summed E-state index contributed by atoms with van der Waals surface area (Å²) < 4.78 is 13.7. The van der Waals surface area contributed by atoms with Crippen molar-refractivity contribution in [3.8, 4) is 0 Å². The number of hydrogen-bond donors (Lipinski definition) is 2. The van der Waals surface area contributed by atoms with Gasteiger partial charge in [-0.3, -0.25) is 4.79 Å². The molecule has 1 saturated carbocycles. The van der Waals surface area contributed by atoms with Crippen LogP contribution in [0.25, 0.3) is 0 Å². The Kier molecular flexibility index (Phi) is 5.16. The van der Waals surface area contributed by atoms with Crippen LogP contribution in [0.5, 0.6) is 0 Å².